The Labute approximate surface area is 155 Å². The Kier molecular flexibility index (Phi) is 7.26. The molecule has 0 amide bonds. The molecule has 0 radical (unpaired) electrons. The second-order valence-corrected chi connectivity index (χ2v) is 6.28. The molecule has 2 N–H and O–H groups in total. The van der Waals surface area contributed by atoms with Crippen LogP contribution in [0.15, 0.2) is 47.7 Å². The highest BCUT2D eigenvalue weighted by atomic mass is 16.5. The van der Waals surface area contributed by atoms with Crippen LogP contribution in [0.1, 0.15) is 25.3 Å². The van der Waals surface area contributed by atoms with E-state index in [1.165, 1.54) is 5.56 Å². The quantitative estimate of drug-likeness (QED) is 0.587. The predicted octanol–water partition coefficient (Wildman–Crippen LogP) is 3.53. The van der Waals surface area contributed by atoms with Gasteiger partial charge in [0.15, 0.2) is 17.5 Å². The Morgan fingerprint density at radius 2 is 1.92 bits per heavy atom. The molecule has 6 nitrogen and oxygen atoms in total. The molecular weight excluding hydrogens is 328 g/mol. The lowest BCUT2D eigenvalue weighted by molar-refractivity contribution is 0.355. The monoisotopic (exact) mass is 356 g/mol. The second-order valence-electron chi connectivity index (χ2n) is 6.28. The van der Waals surface area contributed by atoms with Crippen molar-refractivity contribution in [2.75, 3.05) is 33.1 Å². The first-order chi connectivity index (χ1) is 12.6. The van der Waals surface area contributed by atoms with Gasteiger partial charge in [0.1, 0.15) is 0 Å². The largest absolute Gasteiger partial charge is 0.493 e. The summed E-state index contributed by atoms with van der Waals surface area (Å²) in [5, 5.41) is 6.69. The number of anilines is 1. The third-order valence-corrected chi connectivity index (χ3v) is 4.28. The van der Waals surface area contributed by atoms with Crippen molar-refractivity contribution >= 4 is 11.6 Å². The van der Waals surface area contributed by atoms with Gasteiger partial charge in [-0.2, -0.15) is 0 Å². The molecule has 2 rings (SSSR count). The van der Waals surface area contributed by atoms with Crippen LogP contribution in [0.3, 0.4) is 0 Å². The van der Waals surface area contributed by atoms with Gasteiger partial charge in [-0.05, 0) is 29.7 Å². The van der Waals surface area contributed by atoms with E-state index in [1.54, 1.807) is 27.5 Å². The van der Waals surface area contributed by atoms with Gasteiger partial charge in [0, 0.05) is 43.7 Å². The molecule has 1 aromatic carbocycles. The number of hydrogen-bond donors (Lipinski definition) is 2. The summed E-state index contributed by atoms with van der Waals surface area (Å²) < 4.78 is 10.6. The fraction of sp³-hybridized carbons (Fsp3) is 0.400. The van der Waals surface area contributed by atoms with Gasteiger partial charge in [0.25, 0.3) is 0 Å². The molecular formula is C20H28N4O2. The van der Waals surface area contributed by atoms with Crippen LogP contribution >= 0.6 is 0 Å². The SMILES string of the molecule is CN=C(NCC(c1cccnc1)C(C)C)Nc1ccc(OC)c(OC)c1. The molecule has 1 unspecified atom stereocenters. The summed E-state index contributed by atoms with van der Waals surface area (Å²) in [6.07, 6.45) is 3.72. The molecule has 1 heterocycles. The summed E-state index contributed by atoms with van der Waals surface area (Å²) >= 11 is 0. The van der Waals surface area contributed by atoms with E-state index in [-0.39, 0.29) is 0 Å². The molecule has 1 atom stereocenters. The van der Waals surface area contributed by atoms with Gasteiger partial charge in [-0.1, -0.05) is 19.9 Å². The van der Waals surface area contributed by atoms with Crippen LogP contribution < -0.4 is 20.1 Å². The molecule has 26 heavy (non-hydrogen) atoms. The summed E-state index contributed by atoms with van der Waals surface area (Å²) in [7, 11) is 5.00. The minimum Gasteiger partial charge on any atom is -0.493 e. The number of aliphatic imine (C=N–C) groups is 1. The van der Waals surface area contributed by atoms with E-state index in [0.717, 1.165) is 12.2 Å². The van der Waals surface area contributed by atoms with Gasteiger partial charge in [-0.25, -0.2) is 0 Å². The zero-order valence-corrected chi connectivity index (χ0v) is 16.1. The van der Waals surface area contributed by atoms with Gasteiger partial charge in [0.2, 0.25) is 0 Å². The number of rotatable bonds is 7. The zero-order chi connectivity index (χ0) is 18.9. The third-order valence-electron chi connectivity index (χ3n) is 4.28. The van der Waals surface area contributed by atoms with Crippen LogP contribution in [0.25, 0.3) is 0 Å². The number of ether oxygens (including phenoxy) is 2. The number of guanidine groups is 1. The summed E-state index contributed by atoms with van der Waals surface area (Å²) in [5.41, 5.74) is 2.09. The molecule has 6 heteroatoms. The van der Waals surface area contributed by atoms with Gasteiger partial charge < -0.3 is 20.1 Å². The number of methoxy groups -OCH3 is 2. The van der Waals surface area contributed by atoms with E-state index >= 15 is 0 Å². The first kappa shape index (κ1) is 19.6. The van der Waals surface area contributed by atoms with Crippen molar-refractivity contribution in [3.05, 3.63) is 48.3 Å². The fourth-order valence-electron chi connectivity index (χ4n) is 2.77. The van der Waals surface area contributed by atoms with Crippen LogP contribution in [-0.2, 0) is 0 Å². The first-order valence-electron chi connectivity index (χ1n) is 8.68. The molecule has 2 aromatic rings. The van der Waals surface area contributed by atoms with Crippen LogP contribution in [0.2, 0.25) is 0 Å². The topological polar surface area (TPSA) is 67.8 Å². The first-order valence-corrected chi connectivity index (χ1v) is 8.68. The average Bonchev–Trinajstić information content (AvgIpc) is 2.67. The number of benzene rings is 1. The summed E-state index contributed by atoms with van der Waals surface area (Å²) in [5.74, 6) is 2.88. The minimum atomic E-state index is 0.340. The summed E-state index contributed by atoms with van der Waals surface area (Å²) in [4.78, 5) is 8.55. The number of hydrogen-bond acceptors (Lipinski definition) is 4. The Bertz CT molecular complexity index is 717. The number of pyridine rings is 1. The lowest BCUT2D eigenvalue weighted by Crippen LogP contribution is -2.35. The molecule has 0 aliphatic carbocycles. The van der Waals surface area contributed by atoms with Crippen LogP contribution in [0.4, 0.5) is 5.69 Å². The predicted molar refractivity (Wildman–Crippen MR) is 106 cm³/mol. The lowest BCUT2D eigenvalue weighted by atomic mass is 9.89. The van der Waals surface area contributed by atoms with E-state index in [9.17, 15) is 0 Å². The van der Waals surface area contributed by atoms with Crippen LogP contribution in [0.5, 0.6) is 11.5 Å². The van der Waals surface area contributed by atoms with Crippen LogP contribution in [0, 0.1) is 5.92 Å². The Balaban J connectivity index is 2.05. The highest BCUT2D eigenvalue weighted by Crippen LogP contribution is 2.29. The van der Waals surface area contributed by atoms with E-state index in [0.29, 0.717) is 29.3 Å². The average molecular weight is 356 g/mol. The van der Waals surface area contributed by atoms with Crippen molar-refractivity contribution in [1.82, 2.24) is 10.3 Å². The number of nitrogens with zero attached hydrogens (tertiary/aromatic N) is 2. The maximum Gasteiger partial charge on any atom is 0.195 e. The molecule has 0 saturated heterocycles. The zero-order valence-electron chi connectivity index (χ0n) is 16.1. The standard InChI is InChI=1S/C20H28N4O2/c1-14(2)17(15-7-6-10-22-12-15)13-23-20(21-3)24-16-8-9-18(25-4)19(11-16)26-5/h6-12,14,17H,13H2,1-5H3,(H2,21,23,24). The minimum absolute atomic E-state index is 0.340. The lowest BCUT2D eigenvalue weighted by Gasteiger charge is -2.23. The van der Waals surface area contributed by atoms with Gasteiger partial charge in [0.05, 0.1) is 14.2 Å². The van der Waals surface area contributed by atoms with Crippen LogP contribution in [-0.4, -0.2) is 38.8 Å². The Morgan fingerprint density at radius 3 is 2.50 bits per heavy atom. The fourth-order valence-corrected chi connectivity index (χ4v) is 2.77. The highest BCUT2D eigenvalue weighted by molar-refractivity contribution is 5.93. The Hall–Kier alpha value is -2.76. The molecule has 0 fully saturated rings. The van der Waals surface area contributed by atoms with Gasteiger partial charge in [-0.3, -0.25) is 9.98 Å². The third kappa shape index (κ3) is 5.12. The maximum absolute atomic E-state index is 5.35. The molecule has 0 aliphatic heterocycles. The van der Waals surface area contributed by atoms with E-state index in [2.05, 4.69) is 40.5 Å². The number of aromatic nitrogens is 1. The molecule has 0 bridgehead atoms. The van der Waals surface area contributed by atoms with Gasteiger partial charge >= 0.3 is 0 Å². The second kappa shape index (κ2) is 9.65. The molecule has 0 spiro atoms. The van der Waals surface area contributed by atoms with Crippen molar-refractivity contribution in [3.63, 3.8) is 0 Å². The van der Waals surface area contributed by atoms with Crippen molar-refractivity contribution < 1.29 is 9.47 Å². The smallest absolute Gasteiger partial charge is 0.195 e. The molecule has 0 aliphatic rings. The summed E-state index contributed by atoms with van der Waals surface area (Å²) in [6.45, 7) is 5.18. The number of nitrogens with one attached hydrogen (secondary N) is 2. The van der Waals surface area contributed by atoms with Crippen molar-refractivity contribution in [1.29, 1.82) is 0 Å². The highest BCUT2D eigenvalue weighted by Gasteiger charge is 2.16. The van der Waals surface area contributed by atoms with Crippen molar-refractivity contribution in [2.24, 2.45) is 10.9 Å². The maximum atomic E-state index is 5.35. The van der Waals surface area contributed by atoms with Crippen molar-refractivity contribution in [2.45, 2.75) is 19.8 Å². The van der Waals surface area contributed by atoms with Crippen molar-refractivity contribution in [3.8, 4) is 11.5 Å². The normalized spacial score (nSPS) is 12.6. The summed E-state index contributed by atoms with van der Waals surface area (Å²) in [6, 6.07) is 9.76. The molecule has 1 aromatic heterocycles. The van der Waals surface area contributed by atoms with Gasteiger partial charge in [-0.15, -0.1) is 0 Å². The Morgan fingerprint density at radius 1 is 1.15 bits per heavy atom. The van der Waals surface area contributed by atoms with E-state index in [1.807, 2.05) is 30.5 Å². The van der Waals surface area contributed by atoms with E-state index < -0.39 is 0 Å². The molecule has 140 valence electrons. The molecule has 0 saturated carbocycles. The van der Waals surface area contributed by atoms with E-state index in [4.69, 9.17) is 9.47 Å².